The Morgan fingerprint density at radius 2 is 2.13 bits per heavy atom. The summed E-state index contributed by atoms with van der Waals surface area (Å²) in [6.45, 7) is 0.451. The molecule has 0 bridgehead atoms. The van der Waals surface area contributed by atoms with E-state index in [-0.39, 0.29) is 5.95 Å². The van der Waals surface area contributed by atoms with Gasteiger partial charge in [-0.1, -0.05) is 0 Å². The van der Waals surface area contributed by atoms with Crippen molar-refractivity contribution in [3.63, 3.8) is 0 Å². The van der Waals surface area contributed by atoms with Crippen molar-refractivity contribution < 1.29 is 17.6 Å². The second-order valence-electron chi connectivity index (χ2n) is 2.94. The summed E-state index contributed by atoms with van der Waals surface area (Å²) < 4.78 is 48.5. The number of rotatable bonds is 4. The molecule has 1 N–H and O–H groups in total. The molecular formula is C8H9F4N3. The minimum Gasteiger partial charge on any atom is -0.348 e. The topological polar surface area (TPSA) is 37.8 Å². The van der Waals surface area contributed by atoms with Crippen molar-refractivity contribution in [3.8, 4) is 0 Å². The van der Waals surface area contributed by atoms with Crippen LogP contribution in [0.4, 0.5) is 23.5 Å². The van der Waals surface area contributed by atoms with Gasteiger partial charge in [0, 0.05) is 11.9 Å². The number of hydrogen-bond acceptors (Lipinski definition) is 3. The van der Waals surface area contributed by atoms with Crippen molar-refractivity contribution >= 4 is 5.95 Å². The van der Waals surface area contributed by atoms with Crippen LogP contribution in [0.15, 0.2) is 12.3 Å². The lowest BCUT2D eigenvalue weighted by Crippen LogP contribution is -2.35. The van der Waals surface area contributed by atoms with Gasteiger partial charge in [0.1, 0.15) is 0 Å². The van der Waals surface area contributed by atoms with Crippen LogP contribution < -0.4 is 5.32 Å². The average Bonchev–Trinajstić information content (AvgIpc) is 2.15. The Balaban J connectivity index is 2.57. The van der Waals surface area contributed by atoms with Gasteiger partial charge in [0.15, 0.2) is 0 Å². The van der Waals surface area contributed by atoms with Crippen molar-refractivity contribution in [2.24, 2.45) is 0 Å². The highest BCUT2D eigenvalue weighted by Crippen LogP contribution is 2.22. The summed E-state index contributed by atoms with van der Waals surface area (Å²) in [6, 6.07) is 1.57. The molecule has 0 aliphatic carbocycles. The lowest BCUT2D eigenvalue weighted by atomic mass is 10.3. The monoisotopic (exact) mass is 223 g/mol. The maximum Gasteiger partial charge on any atom is 0.324 e. The van der Waals surface area contributed by atoms with Crippen LogP contribution in [0, 0.1) is 6.92 Å². The van der Waals surface area contributed by atoms with Crippen LogP contribution in [0.25, 0.3) is 0 Å². The lowest BCUT2D eigenvalue weighted by molar-refractivity contribution is -0.117. The molecule has 3 nitrogen and oxygen atoms in total. The van der Waals surface area contributed by atoms with Gasteiger partial charge in [-0.15, -0.1) is 0 Å². The third-order valence-electron chi connectivity index (χ3n) is 1.60. The first kappa shape index (κ1) is 11.7. The summed E-state index contributed by atoms with van der Waals surface area (Å²) >= 11 is 0. The molecule has 0 aromatic carbocycles. The summed E-state index contributed by atoms with van der Waals surface area (Å²) in [4.78, 5) is 7.34. The average molecular weight is 223 g/mol. The zero-order valence-corrected chi connectivity index (χ0v) is 7.85. The second-order valence-corrected chi connectivity index (χ2v) is 2.94. The predicted molar refractivity (Wildman–Crippen MR) is 46.2 cm³/mol. The highest BCUT2D eigenvalue weighted by atomic mass is 19.3. The highest BCUT2D eigenvalue weighted by Gasteiger charge is 2.40. The van der Waals surface area contributed by atoms with Gasteiger partial charge in [-0.3, -0.25) is 0 Å². The van der Waals surface area contributed by atoms with Gasteiger partial charge in [-0.25, -0.2) is 18.7 Å². The number of halogens is 4. The molecule has 0 aliphatic heterocycles. The molecular weight excluding hydrogens is 214 g/mol. The molecule has 1 aromatic rings. The Morgan fingerprint density at radius 1 is 1.47 bits per heavy atom. The molecule has 0 saturated carbocycles. The molecule has 15 heavy (non-hydrogen) atoms. The zero-order chi connectivity index (χ0) is 11.5. The number of alkyl halides is 4. The molecule has 84 valence electrons. The number of aryl methyl sites for hydroxylation is 1. The Morgan fingerprint density at radius 3 is 2.67 bits per heavy atom. The van der Waals surface area contributed by atoms with E-state index in [1.807, 2.05) is 0 Å². The molecule has 0 atom stereocenters. The molecule has 1 aromatic heterocycles. The largest absolute Gasteiger partial charge is 0.348 e. The highest BCUT2D eigenvalue weighted by molar-refractivity contribution is 5.25. The van der Waals surface area contributed by atoms with Crippen LogP contribution in [-0.4, -0.2) is 28.9 Å². The molecule has 0 radical (unpaired) electrons. The van der Waals surface area contributed by atoms with Crippen LogP contribution in [0.5, 0.6) is 0 Å². The van der Waals surface area contributed by atoms with Gasteiger partial charge in [0.2, 0.25) is 5.95 Å². The van der Waals surface area contributed by atoms with E-state index < -0.39 is 18.9 Å². The first-order valence-electron chi connectivity index (χ1n) is 4.11. The fourth-order valence-corrected chi connectivity index (χ4v) is 0.808. The van der Waals surface area contributed by atoms with Crippen LogP contribution in [0.1, 0.15) is 5.69 Å². The van der Waals surface area contributed by atoms with Crippen molar-refractivity contribution in [3.05, 3.63) is 18.0 Å². The molecule has 1 rings (SSSR count). The Hall–Kier alpha value is -1.40. The molecule has 0 fully saturated rings. The number of hydrogen-bond donors (Lipinski definition) is 1. The number of nitrogens with one attached hydrogen (secondary N) is 1. The Kier molecular flexibility index (Phi) is 3.43. The smallest absolute Gasteiger partial charge is 0.324 e. The Labute approximate surface area is 83.5 Å². The van der Waals surface area contributed by atoms with Crippen LogP contribution in [0.3, 0.4) is 0 Å². The fourth-order valence-electron chi connectivity index (χ4n) is 0.808. The third kappa shape index (κ3) is 3.34. The number of aromatic nitrogens is 2. The molecule has 0 saturated heterocycles. The Bertz CT molecular complexity index is 329. The third-order valence-corrected chi connectivity index (χ3v) is 1.60. The summed E-state index contributed by atoms with van der Waals surface area (Å²) in [5.41, 5.74) is 0.563. The zero-order valence-electron chi connectivity index (χ0n) is 7.85. The van der Waals surface area contributed by atoms with Crippen LogP contribution >= 0.6 is 0 Å². The summed E-state index contributed by atoms with van der Waals surface area (Å²) in [5, 5.41) is 2.05. The van der Waals surface area contributed by atoms with Gasteiger partial charge in [-0.05, 0) is 13.0 Å². The molecule has 0 amide bonds. The van der Waals surface area contributed by atoms with E-state index in [1.165, 1.54) is 6.20 Å². The van der Waals surface area contributed by atoms with Gasteiger partial charge in [0.05, 0.1) is 6.54 Å². The summed E-state index contributed by atoms with van der Waals surface area (Å²) in [7, 11) is 0. The van der Waals surface area contributed by atoms with E-state index >= 15 is 0 Å². The van der Waals surface area contributed by atoms with Crippen molar-refractivity contribution in [1.29, 1.82) is 0 Å². The van der Waals surface area contributed by atoms with E-state index in [0.29, 0.717) is 5.69 Å². The maximum atomic E-state index is 12.5. The SMILES string of the molecule is Cc1ccnc(NCC(F)(F)C(F)F)n1. The molecule has 7 heteroatoms. The van der Waals surface area contributed by atoms with E-state index in [2.05, 4.69) is 15.3 Å². The quantitative estimate of drug-likeness (QED) is 0.794. The summed E-state index contributed by atoms with van der Waals surface area (Å²) in [5.74, 6) is -4.16. The van der Waals surface area contributed by atoms with Gasteiger partial charge < -0.3 is 5.32 Å². The standard InChI is InChI=1S/C8H9F4N3/c1-5-2-3-13-7(15-5)14-4-8(11,12)6(9)10/h2-3,6H,4H2,1H3,(H,13,14,15). The molecule has 0 spiro atoms. The maximum absolute atomic E-state index is 12.5. The molecule has 0 unspecified atom stereocenters. The van der Waals surface area contributed by atoms with Gasteiger partial charge in [0.25, 0.3) is 0 Å². The fraction of sp³-hybridized carbons (Fsp3) is 0.500. The number of anilines is 1. The number of nitrogens with zero attached hydrogens (tertiary/aromatic N) is 2. The van der Waals surface area contributed by atoms with Gasteiger partial charge in [-0.2, -0.15) is 8.78 Å². The van der Waals surface area contributed by atoms with Crippen molar-refractivity contribution in [2.45, 2.75) is 19.3 Å². The normalized spacial score (nSPS) is 11.9. The van der Waals surface area contributed by atoms with Gasteiger partial charge >= 0.3 is 12.3 Å². The minimum absolute atomic E-state index is 0.0877. The van der Waals surface area contributed by atoms with E-state index in [9.17, 15) is 17.6 Å². The first-order valence-corrected chi connectivity index (χ1v) is 4.11. The first-order chi connectivity index (χ1) is 6.92. The molecule has 1 heterocycles. The van der Waals surface area contributed by atoms with E-state index in [4.69, 9.17) is 0 Å². The van der Waals surface area contributed by atoms with Crippen molar-refractivity contribution in [1.82, 2.24) is 9.97 Å². The molecule has 0 aliphatic rings. The predicted octanol–water partition coefficient (Wildman–Crippen LogP) is 2.10. The van der Waals surface area contributed by atoms with Crippen LogP contribution in [-0.2, 0) is 0 Å². The summed E-state index contributed by atoms with van der Waals surface area (Å²) in [6.07, 6.45) is -2.35. The van der Waals surface area contributed by atoms with E-state index in [0.717, 1.165) is 0 Å². The second kappa shape index (κ2) is 4.41. The van der Waals surface area contributed by atoms with E-state index in [1.54, 1.807) is 13.0 Å². The lowest BCUT2D eigenvalue weighted by Gasteiger charge is -2.15. The van der Waals surface area contributed by atoms with Crippen molar-refractivity contribution in [2.75, 3.05) is 11.9 Å². The van der Waals surface area contributed by atoms with Crippen LogP contribution in [0.2, 0.25) is 0 Å². The minimum atomic E-state index is -4.08.